The number of carbonyl (C=O) groups excluding carboxylic acids is 2. The Bertz CT molecular complexity index is 704. The molecule has 0 heterocycles. The van der Waals surface area contributed by atoms with E-state index in [4.69, 9.17) is 0 Å². The van der Waals surface area contributed by atoms with Gasteiger partial charge in [0.15, 0.2) is 0 Å². The molecule has 1 unspecified atom stereocenters. The molecular formula is C20H23FN2O2. The van der Waals surface area contributed by atoms with Crippen LogP contribution in [0.1, 0.15) is 30.4 Å². The van der Waals surface area contributed by atoms with Crippen molar-refractivity contribution in [1.29, 1.82) is 0 Å². The molecule has 2 rings (SSSR count). The van der Waals surface area contributed by atoms with Crippen molar-refractivity contribution in [3.8, 4) is 0 Å². The van der Waals surface area contributed by atoms with Crippen LogP contribution in [-0.4, -0.2) is 24.9 Å². The average Bonchev–Trinajstić information content (AvgIpc) is 2.59. The van der Waals surface area contributed by atoms with Crippen LogP contribution in [0.4, 0.5) is 4.39 Å². The first-order valence-electron chi connectivity index (χ1n) is 8.37. The van der Waals surface area contributed by atoms with Gasteiger partial charge in [0, 0.05) is 19.5 Å². The first-order chi connectivity index (χ1) is 12.0. The summed E-state index contributed by atoms with van der Waals surface area (Å²) in [5.74, 6) is -0.558. The monoisotopic (exact) mass is 342 g/mol. The number of halogens is 1. The molecule has 4 nitrogen and oxygen atoms in total. The van der Waals surface area contributed by atoms with Crippen molar-refractivity contribution >= 4 is 11.8 Å². The molecule has 0 bridgehead atoms. The summed E-state index contributed by atoms with van der Waals surface area (Å²) >= 11 is 0. The number of carbonyl (C=O) groups is 2. The quantitative estimate of drug-likeness (QED) is 0.725. The highest BCUT2D eigenvalue weighted by Gasteiger charge is 2.11. The van der Waals surface area contributed by atoms with Gasteiger partial charge in [-0.2, -0.15) is 0 Å². The van der Waals surface area contributed by atoms with E-state index in [2.05, 4.69) is 10.6 Å². The highest BCUT2D eigenvalue weighted by molar-refractivity contribution is 5.79. The molecule has 25 heavy (non-hydrogen) atoms. The zero-order valence-electron chi connectivity index (χ0n) is 14.3. The van der Waals surface area contributed by atoms with Gasteiger partial charge in [0.1, 0.15) is 5.82 Å². The number of hydrogen-bond donors (Lipinski definition) is 2. The minimum atomic E-state index is -0.300. The van der Waals surface area contributed by atoms with Crippen molar-refractivity contribution < 1.29 is 14.0 Å². The first-order valence-corrected chi connectivity index (χ1v) is 8.37. The molecular weight excluding hydrogens is 319 g/mol. The summed E-state index contributed by atoms with van der Waals surface area (Å²) in [6.45, 7) is 2.64. The Morgan fingerprint density at radius 1 is 0.960 bits per heavy atom. The summed E-state index contributed by atoms with van der Waals surface area (Å²) in [6.07, 6.45) is 0.604. The highest BCUT2D eigenvalue weighted by atomic mass is 19.1. The molecule has 0 aliphatic carbocycles. The fourth-order valence-corrected chi connectivity index (χ4v) is 2.53. The Morgan fingerprint density at radius 2 is 1.64 bits per heavy atom. The van der Waals surface area contributed by atoms with E-state index in [1.54, 1.807) is 6.07 Å². The van der Waals surface area contributed by atoms with Gasteiger partial charge >= 0.3 is 0 Å². The van der Waals surface area contributed by atoms with E-state index < -0.39 is 0 Å². The summed E-state index contributed by atoms with van der Waals surface area (Å²) in [5.41, 5.74) is 1.75. The van der Waals surface area contributed by atoms with Crippen molar-refractivity contribution in [2.75, 3.05) is 13.1 Å². The Hall–Kier alpha value is -2.69. The molecule has 0 radical (unpaired) electrons. The van der Waals surface area contributed by atoms with Crippen LogP contribution in [0.2, 0.25) is 0 Å². The Morgan fingerprint density at radius 3 is 2.32 bits per heavy atom. The molecule has 5 heteroatoms. The Kier molecular flexibility index (Phi) is 7.14. The molecule has 0 saturated carbocycles. The summed E-state index contributed by atoms with van der Waals surface area (Å²) in [6, 6.07) is 15.8. The number of rotatable bonds is 8. The first kappa shape index (κ1) is 18.6. The zero-order valence-corrected chi connectivity index (χ0v) is 14.3. The lowest BCUT2D eigenvalue weighted by Crippen LogP contribution is -2.35. The van der Waals surface area contributed by atoms with Gasteiger partial charge in [0.05, 0.1) is 6.42 Å². The normalized spacial score (nSPS) is 11.6. The van der Waals surface area contributed by atoms with Gasteiger partial charge in [0.25, 0.3) is 0 Å². The van der Waals surface area contributed by atoms with Gasteiger partial charge in [0.2, 0.25) is 11.8 Å². The maximum Gasteiger partial charge on any atom is 0.224 e. The molecule has 2 aromatic rings. The summed E-state index contributed by atoms with van der Waals surface area (Å²) < 4.78 is 13.2. The highest BCUT2D eigenvalue weighted by Crippen LogP contribution is 2.19. The molecule has 0 saturated heterocycles. The largest absolute Gasteiger partial charge is 0.354 e. The molecule has 132 valence electrons. The van der Waals surface area contributed by atoms with Crippen LogP contribution >= 0.6 is 0 Å². The third-order valence-electron chi connectivity index (χ3n) is 3.89. The van der Waals surface area contributed by atoms with E-state index in [-0.39, 0.29) is 30.0 Å². The second kappa shape index (κ2) is 9.57. The van der Waals surface area contributed by atoms with Crippen LogP contribution in [0.3, 0.4) is 0 Å². The number of amides is 2. The van der Waals surface area contributed by atoms with E-state index in [1.807, 2.05) is 43.3 Å². The minimum absolute atomic E-state index is 0.0663. The molecule has 0 aliphatic heterocycles. The van der Waals surface area contributed by atoms with Crippen LogP contribution in [0.25, 0.3) is 0 Å². The van der Waals surface area contributed by atoms with E-state index in [0.29, 0.717) is 19.5 Å². The molecule has 0 fully saturated rings. The SMILES string of the molecule is CC(CC(=O)NCCNC(=O)Cc1ccccc1)c1cccc(F)c1. The lowest BCUT2D eigenvalue weighted by molar-refractivity contribution is -0.122. The van der Waals surface area contributed by atoms with Crippen molar-refractivity contribution in [3.05, 3.63) is 71.5 Å². The predicted octanol–water partition coefficient (Wildman–Crippen LogP) is 2.79. The lowest BCUT2D eigenvalue weighted by Gasteiger charge is -2.12. The van der Waals surface area contributed by atoms with E-state index >= 15 is 0 Å². The molecule has 0 aromatic heterocycles. The molecule has 2 aromatic carbocycles. The van der Waals surface area contributed by atoms with Gasteiger partial charge in [-0.15, -0.1) is 0 Å². The van der Waals surface area contributed by atoms with Crippen LogP contribution in [-0.2, 0) is 16.0 Å². The van der Waals surface area contributed by atoms with Gasteiger partial charge in [-0.25, -0.2) is 4.39 Å². The second-order valence-electron chi connectivity index (χ2n) is 6.02. The van der Waals surface area contributed by atoms with E-state index in [0.717, 1.165) is 11.1 Å². The van der Waals surface area contributed by atoms with Crippen molar-refractivity contribution in [1.82, 2.24) is 10.6 Å². The standard InChI is InChI=1S/C20H23FN2O2/c1-15(17-8-5-9-18(21)14-17)12-19(24)22-10-11-23-20(25)13-16-6-3-2-4-7-16/h2-9,14-15H,10-13H2,1H3,(H,22,24)(H,23,25). The summed E-state index contributed by atoms with van der Waals surface area (Å²) in [5, 5.41) is 5.55. The molecule has 2 amide bonds. The van der Waals surface area contributed by atoms with Gasteiger partial charge in [-0.05, 0) is 29.2 Å². The maximum absolute atomic E-state index is 13.2. The average molecular weight is 342 g/mol. The zero-order chi connectivity index (χ0) is 18.1. The number of benzene rings is 2. The second-order valence-corrected chi connectivity index (χ2v) is 6.02. The Balaban J connectivity index is 1.64. The van der Waals surface area contributed by atoms with Gasteiger partial charge < -0.3 is 10.6 Å². The van der Waals surface area contributed by atoms with Crippen LogP contribution in [0.15, 0.2) is 54.6 Å². The third-order valence-corrected chi connectivity index (χ3v) is 3.89. The fraction of sp³-hybridized carbons (Fsp3) is 0.300. The van der Waals surface area contributed by atoms with Gasteiger partial charge in [-0.1, -0.05) is 49.4 Å². The number of nitrogens with one attached hydrogen (secondary N) is 2. The van der Waals surface area contributed by atoms with E-state index in [9.17, 15) is 14.0 Å². The van der Waals surface area contributed by atoms with Crippen molar-refractivity contribution in [3.63, 3.8) is 0 Å². The smallest absolute Gasteiger partial charge is 0.224 e. The Labute approximate surface area is 147 Å². The summed E-state index contributed by atoms with van der Waals surface area (Å²) in [7, 11) is 0. The van der Waals surface area contributed by atoms with Gasteiger partial charge in [-0.3, -0.25) is 9.59 Å². The van der Waals surface area contributed by atoms with Crippen LogP contribution in [0.5, 0.6) is 0 Å². The van der Waals surface area contributed by atoms with Crippen molar-refractivity contribution in [2.24, 2.45) is 0 Å². The summed E-state index contributed by atoms with van der Waals surface area (Å²) in [4.78, 5) is 23.7. The van der Waals surface area contributed by atoms with E-state index in [1.165, 1.54) is 12.1 Å². The molecule has 2 N–H and O–H groups in total. The van der Waals surface area contributed by atoms with Crippen LogP contribution in [0, 0.1) is 5.82 Å². The maximum atomic E-state index is 13.2. The molecule has 0 aliphatic rings. The predicted molar refractivity (Wildman–Crippen MR) is 95.6 cm³/mol. The lowest BCUT2D eigenvalue weighted by atomic mass is 9.97. The molecule has 1 atom stereocenters. The topological polar surface area (TPSA) is 58.2 Å². The third kappa shape index (κ3) is 6.75. The fourth-order valence-electron chi connectivity index (χ4n) is 2.53. The molecule has 0 spiro atoms. The van der Waals surface area contributed by atoms with Crippen molar-refractivity contribution in [2.45, 2.75) is 25.7 Å². The minimum Gasteiger partial charge on any atom is -0.354 e. The number of hydrogen-bond acceptors (Lipinski definition) is 2. The van der Waals surface area contributed by atoms with Crippen LogP contribution < -0.4 is 10.6 Å².